The Morgan fingerprint density at radius 3 is 2.75 bits per heavy atom. The maximum atomic E-state index is 6.33. The van der Waals surface area contributed by atoms with Gasteiger partial charge in [0, 0.05) is 24.1 Å². The number of benzene rings is 2. The molecule has 0 radical (unpaired) electrons. The number of hydrogen-bond acceptors (Lipinski definition) is 10. The van der Waals surface area contributed by atoms with Crippen LogP contribution < -0.4 is 14.2 Å². The van der Waals surface area contributed by atoms with Gasteiger partial charge in [-0.05, 0) is 36.3 Å². The predicted octanol–water partition coefficient (Wildman–Crippen LogP) is 6.27. The lowest BCUT2D eigenvalue weighted by atomic mass is 9.80. The van der Waals surface area contributed by atoms with Gasteiger partial charge >= 0.3 is 0 Å². The van der Waals surface area contributed by atoms with Crippen molar-refractivity contribution in [2.45, 2.75) is 25.4 Å². The molecule has 1 unspecified atom stereocenters. The molecule has 1 aliphatic heterocycles. The smallest absolute Gasteiger partial charge is 0.294 e. The Bertz CT molecular complexity index is 1810. The standard InChI is InChI=1S/C29H26N4O5S2/c1-17-4-6-18(7-5-17)29(8-9-36-16-29)26-31-19(15-39-26)14-37-23-10-20(34-2)11-24-21(23)12-25(38-24)22-13-30-27-33(22)32-28(35-3)40-27/h4-7,10-13,15H,8-9,14,16H2,1-3H3. The van der Waals surface area contributed by atoms with Crippen molar-refractivity contribution in [1.29, 1.82) is 0 Å². The minimum absolute atomic E-state index is 0.228. The summed E-state index contributed by atoms with van der Waals surface area (Å²) in [5, 5.41) is 8.93. The molecule has 2 aromatic carbocycles. The molecular weight excluding hydrogens is 548 g/mol. The Kier molecular flexibility index (Phi) is 6.21. The van der Waals surface area contributed by atoms with Gasteiger partial charge in [0.15, 0.2) is 5.76 Å². The monoisotopic (exact) mass is 574 g/mol. The molecular formula is C29H26N4O5S2. The molecule has 1 saturated heterocycles. The van der Waals surface area contributed by atoms with E-state index in [4.69, 9.17) is 28.3 Å². The van der Waals surface area contributed by atoms with E-state index in [1.165, 1.54) is 22.5 Å². The highest BCUT2D eigenvalue weighted by Gasteiger charge is 2.41. The molecule has 11 heteroatoms. The topological polar surface area (TPSA) is 93.1 Å². The van der Waals surface area contributed by atoms with Crippen molar-refractivity contribution in [2.24, 2.45) is 0 Å². The van der Waals surface area contributed by atoms with Gasteiger partial charge in [0.1, 0.15) is 34.4 Å². The normalized spacial score (nSPS) is 17.2. The largest absolute Gasteiger partial charge is 0.496 e. The molecule has 9 nitrogen and oxygen atoms in total. The van der Waals surface area contributed by atoms with E-state index in [0.717, 1.165) is 39.8 Å². The Morgan fingerprint density at radius 2 is 1.98 bits per heavy atom. The van der Waals surface area contributed by atoms with Gasteiger partial charge in [-0.1, -0.05) is 29.8 Å². The van der Waals surface area contributed by atoms with Crippen LogP contribution in [-0.4, -0.2) is 47.0 Å². The Balaban J connectivity index is 1.19. The SMILES string of the molecule is COc1cc(OCc2csc(C3(c4ccc(C)cc4)CCOC3)n2)c2cc(-c3cnc4sc(OC)nn34)oc2c1. The molecule has 0 N–H and O–H groups in total. The first-order chi connectivity index (χ1) is 19.6. The van der Waals surface area contributed by atoms with E-state index in [2.05, 4.69) is 46.7 Å². The zero-order valence-corrected chi connectivity index (χ0v) is 23.8. The first-order valence-corrected chi connectivity index (χ1v) is 14.5. The van der Waals surface area contributed by atoms with Crippen LogP contribution in [0.1, 0.15) is 28.2 Å². The van der Waals surface area contributed by atoms with E-state index in [-0.39, 0.29) is 5.41 Å². The summed E-state index contributed by atoms with van der Waals surface area (Å²) in [5.74, 6) is 1.90. The zero-order chi connectivity index (χ0) is 27.3. The number of thiazole rings is 1. The second-order valence-electron chi connectivity index (χ2n) is 9.74. The molecule has 0 amide bonds. The number of hydrogen-bond donors (Lipinski definition) is 0. The number of ether oxygens (including phenoxy) is 4. The summed E-state index contributed by atoms with van der Waals surface area (Å²) >= 11 is 3.02. The molecule has 0 spiro atoms. The van der Waals surface area contributed by atoms with Crippen LogP contribution in [0, 0.1) is 6.92 Å². The summed E-state index contributed by atoms with van der Waals surface area (Å²) in [5.41, 5.74) is 4.48. The summed E-state index contributed by atoms with van der Waals surface area (Å²) in [7, 11) is 3.21. The lowest BCUT2D eigenvalue weighted by molar-refractivity contribution is 0.184. The molecule has 4 aromatic heterocycles. The molecule has 0 bridgehead atoms. The summed E-state index contributed by atoms with van der Waals surface area (Å²) in [6, 6.07) is 14.3. The van der Waals surface area contributed by atoms with Gasteiger partial charge < -0.3 is 23.4 Å². The highest BCUT2D eigenvalue weighted by Crippen LogP contribution is 2.42. The number of methoxy groups -OCH3 is 2. The lowest BCUT2D eigenvalue weighted by Crippen LogP contribution is -2.28. The van der Waals surface area contributed by atoms with E-state index in [0.29, 0.717) is 41.2 Å². The quantitative estimate of drug-likeness (QED) is 0.210. The Morgan fingerprint density at radius 1 is 1.10 bits per heavy atom. The third-order valence-corrected chi connectivity index (χ3v) is 9.24. The summed E-state index contributed by atoms with van der Waals surface area (Å²) in [4.78, 5) is 10.2. The lowest BCUT2D eigenvalue weighted by Gasteiger charge is -2.25. The van der Waals surface area contributed by atoms with Crippen LogP contribution in [0.3, 0.4) is 0 Å². The number of furan rings is 1. The third-order valence-electron chi connectivity index (χ3n) is 7.27. The van der Waals surface area contributed by atoms with E-state index in [9.17, 15) is 0 Å². The van der Waals surface area contributed by atoms with Crippen molar-refractivity contribution < 1.29 is 23.4 Å². The molecule has 204 valence electrons. The van der Waals surface area contributed by atoms with E-state index < -0.39 is 0 Å². The van der Waals surface area contributed by atoms with Crippen LogP contribution >= 0.6 is 22.7 Å². The van der Waals surface area contributed by atoms with Crippen LogP contribution in [0.2, 0.25) is 0 Å². The minimum atomic E-state index is -0.228. The summed E-state index contributed by atoms with van der Waals surface area (Å²) in [6.45, 7) is 3.77. The predicted molar refractivity (Wildman–Crippen MR) is 153 cm³/mol. The zero-order valence-electron chi connectivity index (χ0n) is 22.2. The van der Waals surface area contributed by atoms with Crippen molar-refractivity contribution in [3.8, 4) is 28.1 Å². The van der Waals surface area contributed by atoms with Crippen LogP contribution in [0.25, 0.3) is 27.4 Å². The molecule has 7 rings (SSSR count). The first kappa shape index (κ1) is 25.1. The van der Waals surface area contributed by atoms with Gasteiger partial charge in [0.25, 0.3) is 5.19 Å². The number of nitrogens with zero attached hydrogens (tertiary/aromatic N) is 4. The number of aromatic nitrogens is 4. The number of fused-ring (bicyclic) bond motifs is 2. The maximum Gasteiger partial charge on any atom is 0.294 e. The summed E-state index contributed by atoms with van der Waals surface area (Å²) < 4.78 is 30.9. The van der Waals surface area contributed by atoms with Crippen molar-refractivity contribution in [3.05, 3.63) is 75.9 Å². The van der Waals surface area contributed by atoms with Crippen molar-refractivity contribution in [2.75, 3.05) is 27.4 Å². The molecule has 40 heavy (non-hydrogen) atoms. The highest BCUT2D eigenvalue weighted by molar-refractivity contribution is 7.18. The van der Waals surface area contributed by atoms with Gasteiger partial charge in [-0.2, -0.15) is 4.52 Å². The Labute approximate surface area is 237 Å². The van der Waals surface area contributed by atoms with E-state index in [1.54, 1.807) is 36.3 Å². The second-order valence-corrected chi connectivity index (χ2v) is 11.5. The van der Waals surface area contributed by atoms with E-state index >= 15 is 0 Å². The molecule has 1 aliphatic rings. The third kappa shape index (κ3) is 4.21. The van der Waals surface area contributed by atoms with Gasteiger partial charge in [-0.3, -0.25) is 0 Å². The average molecular weight is 575 g/mol. The first-order valence-electron chi connectivity index (χ1n) is 12.8. The van der Waals surface area contributed by atoms with Crippen molar-refractivity contribution >= 4 is 38.6 Å². The molecule has 1 atom stereocenters. The van der Waals surface area contributed by atoms with Crippen LogP contribution in [0.4, 0.5) is 0 Å². The molecule has 5 heterocycles. The van der Waals surface area contributed by atoms with E-state index in [1.807, 2.05) is 18.2 Å². The fourth-order valence-corrected chi connectivity index (χ4v) is 6.81. The maximum absolute atomic E-state index is 6.33. The summed E-state index contributed by atoms with van der Waals surface area (Å²) in [6.07, 6.45) is 2.64. The van der Waals surface area contributed by atoms with Gasteiger partial charge in [-0.25, -0.2) is 9.97 Å². The Hall–Kier alpha value is -3.93. The average Bonchev–Trinajstić information content (AvgIpc) is 3.79. The minimum Gasteiger partial charge on any atom is -0.496 e. The fourth-order valence-electron chi connectivity index (χ4n) is 5.07. The van der Waals surface area contributed by atoms with Gasteiger partial charge in [0.2, 0.25) is 4.96 Å². The van der Waals surface area contributed by atoms with Crippen molar-refractivity contribution in [3.63, 3.8) is 0 Å². The molecule has 0 aliphatic carbocycles. The molecule has 1 fully saturated rings. The number of aryl methyl sites for hydroxylation is 1. The molecule has 6 aromatic rings. The second kappa shape index (κ2) is 9.92. The van der Waals surface area contributed by atoms with Gasteiger partial charge in [0.05, 0.1) is 43.5 Å². The van der Waals surface area contributed by atoms with Crippen LogP contribution in [0.5, 0.6) is 16.7 Å². The van der Waals surface area contributed by atoms with Crippen molar-refractivity contribution in [1.82, 2.24) is 19.6 Å². The van der Waals surface area contributed by atoms with Gasteiger partial charge in [-0.15, -0.1) is 16.4 Å². The highest BCUT2D eigenvalue weighted by atomic mass is 32.1. The van der Waals surface area contributed by atoms with Crippen LogP contribution in [-0.2, 0) is 16.8 Å². The number of imidazole rings is 1. The number of rotatable bonds is 8. The fraction of sp³-hybridized carbons (Fsp3) is 0.276. The van der Waals surface area contributed by atoms with Crippen LogP contribution in [0.15, 0.2) is 58.5 Å². The molecule has 0 saturated carbocycles.